The zero-order valence-corrected chi connectivity index (χ0v) is 11.2. The Kier molecular flexibility index (Phi) is 4.36. The number of rotatable bonds is 5. The second-order valence-electron chi connectivity index (χ2n) is 4.37. The van der Waals surface area contributed by atoms with E-state index >= 15 is 0 Å². The smallest absolute Gasteiger partial charge is 0.128 e. The number of aryl methyl sites for hydroxylation is 1. The van der Waals surface area contributed by atoms with Gasteiger partial charge in [-0.05, 0) is 41.6 Å². The van der Waals surface area contributed by atoms with Crippen molar-refractivity contribution in [1.29, 1.82) is 0 Å². The van der Waals surface area contributed by atoms with Gasteiger partial charge in [-0.25, -0.2) is 0 Å². The van der Waals surface area contributed by atoms with E-state index in [2.05, 4.69) is 23.7 Å². The minimum absolute atomic E-state index is 0.195. The third-order valence-electron chi connectivity index (χ3n) is 2.94. The van der Waals surface area contributed by atoms with Crippen molar-refractivity contribution >= 4 is 11.3 Å². The molecule has 0 unspecified atom stereocenters. The maximum atomic E-state index is 10.0. The van der Waals surface area contributed by atoms with Crippen LogP contribution in [0.5, 0.6) is 5.75 Å². The summed E-state index contributed by atoms with van der Waals surface area (Å²) in [5.74, 6) is 0.195. The van der Waals surface area contributed by atoms with E-state index in [0.29, 0.717) is 6.54 Å². The molecule has 0 saturated heterocycles. The molecule has 0 bridgehead atoms. The van der Waals surface area contributed by atoms with Crippen molar-refractivity contribution < 1.29 is 15.5 Å². The molecule has 1 heterocycles. The third-order valence-corrected chi connectivity index (χ3v) is 3.99. The molecule has 0 spiro atoms. The van der Waals surface area contributed by atoms with Gasteiger partial charge in [-0.1, -0.05) is 12.1 Å². The van der Waals surface area contributed by atoms with Gasteiger partial charge in [0.15, 0.2) is 0 Å². The van der Waals surface area contributed by atoms with Crippen LogP contribution in [0.3, 0.4) is 0 Å². The number of phenols is 1. The fraction of sp³-hybridized carbons (Fsp3) is 0.286. The number of phenolic OH excluding ortho intramolecular Hbond substituents is 1. The van der Waals surface area contributed by atoms with E-state index in [1.807, 2.05) is 6.07 Å². The summed E-state index contributed by atoms with van der Waals surface area (Å²) in [5, 5.41) is 23.5. The van der Waals surface area contributed by atoms with Crippen LogP contribution in [0.25, 0.3) is 0 Å². The van der Waals surface area contributed by atoms with Gasteiger partial charge in [-0.2, -0.15) is 0 Å². The van der Waals surface area contributed by atoms with E-state index in [9.17, 15) is 10.2 Å². The summed E-state index contributed by atoms with van der Waals surface area (Å²) in [6, 6.07) is 8.90. The summed E-state index contributed by atoms with van der Waals surface area (Å²) in [6.07, 6.45) is -0.544. The van der Waals surface area contributed by atoms with Gasteiger partial charge in [0.05, 0.1) is 4.88 Å². The van der Waals surface area contributed by atoms with Crippen LogP contribution in [0.1, 0.15) is 22.1 Å². The van der Waals surface area contributed by atoms with Crippen molar-refractivity contribution in [3.05, 3.63) is 51.7 Å². The van der Waals surface area contributed by atoms with Crippen molar-refractivity contribution in [1.82, 2.24) is 0 Å². The Morgan fingerprint density at radius 3 is 2.83 bits per heavy atom. The van der Waals surface area contributed by atoms with E-state index in [4.69, 9.17) is 0 Å². The first-order valence-corrected chi connectivity index (χ1v) is 6.86. The highest BCUT2D eigenvalue weighted by Crippen LogP contribution is 2.17. The van der Waals surface area contributed by atoms with Crippen LogP contribution in [-0.4, -0.2) is 16.8 Å². The summed E-state index contributed by atoms with van der Waals surface area (Å²) in [4.78, 5) is 1.35. The molecule has 0 aliphatic rings. The lowest BCUT2D eigenvalue weighted by Crippen LogP contribution is -2.83. The first kappa shape index (κ1) is 13.1. The van der Waals surface area contributed by atoms with Gasteiger partial charge in [0.2, 0.25) is 0 Å². The van der Waals surface area contributed by atoms with Crippen LogP contribution in [0.15, 0.2) is 35.7 Å². The van der Waals surface area contributed by atoms with E-state index in [1.165, 1.54) is 10.4 Å². The van der Waals surface area contributed by atoms with Crippen LogP contribution >= 0.6 is 11.3 Å². The zero-order chi connectivity index (χ0) is 13.0. The lowest BCUT2D eigenvalue weighted by Gasteiger charge is -2.10. The molecule has 1 atom stereocenters. The molecular formula is C14H18NO2S+. The summed E-state index contributed by atoms with van der Waals surface area (Å²) < 4.78 is 0. The first-order chi connectivity index (χ1) is 8.66. The predicted molar refractivity (Wildman–Crippen MR) is 72.6 cm³/mol. The van der Waals surface area contributed by atoms with E-state index in [1.54, 1.807) is 29.5 Å². The van der Waals surface area contributed by atoms with Gasteiger partial charge < -0.3 is 15.5 Å². The third kappa shape index (κ3) is 3.32. The SMILES string of the molecule is Cc1ccsc1C[NH2+]C[C@@H](O)c1cccc(O)c1. The quantitative estimate of drug-likeness (QED) is 0.767. The second kappa shape index (κ2) is 6.00. The van der Waals surface area contributed by atoms with Crippen LogP contribution in [-0.2, 0) is 6.54 Å². The van der Waals surface area contributed by atoms with Crippen LogP contribution in [0, 0.1) is 6.92 Å². The molecule has 2 aromatic rings. The van der Waals surface area contributed by atoms with E-state index in [0.717, 1.165) is 12.1 Å². The van der Waals surface area contributed by atoms with Gasteiger partial charge in [-0.3, -0.25) is 0 Å². The lowest BCUT2D eigenvalue weighted by molar-refractivity contribution is -0.677. The highest BCUT2D eigenvalue weighted by Gasteiger charge is 2.10. The second-order valence-corrected chi connectivity index (χ2v) is 5.37. The average Bonchev–Trinajstić information content (AvgIpc) is 2.75. The number of quaternary nitrogens is 1. The molecule has 0 radical (unpaired) electrons. The zero-order valence-electron chi connectivity index (χ0n) is 10.3. The summed E-state index contributed by atoms with van der Waals surface area (Å²) in [7, 11) is 0. The number of nitrogens with two attached hydrogens (primary N) is 1. The van der Waals surface area contributed by atoms with Gasteiger partial charge in [0, 0.05) is 0 Å². The van der Waals surface area contributed by atoms with Gasteiger partial charge in [-0.15, -0.1) is 11.3 Å². The number of aromatic hydroxyl groups is 1. The van der Waals surface area contributed by atoms with Crippen molar-refractivity contribution in [2.24, 2.45) is 0 Å². The fourth-order valence-corrected chi connectivity index (χ4v) is 2.76. The topological polar surface area (TPSA) is 57.1 Å². The Hall–Kier alpha value is -1.36. The number of benzene rings is 1. The normalized spacial score (nSPS) is 12.6. The van der Waals surface area contributed by atoms with Crippen LogP contribution in [0.2, 0.25) is 0 Å². The first-order valence-electron chi connectivity index (χ1n) is 5.98. The van der Waals surface area contributed by atoms with Crippen molar-refractivity contribution in [2.75, 3.05) is 6.54 Å². The maximum Gasteiger partial charge on any atom is 0.128 e. The van der Waals surface area contributed by atoms with Gasteiger partial charge in [0.25, 0.3) is 0 Å². The summed E-state index contributed by atoms with van der Waals surface area (Å²) in [6.45, 7) is 3.59. The Bertz CT molecular complexity index is 510. The predicted octanol–water partition coefficient (Wildman–Crippen LogP) is 1.56. The molecule has 0 saturated carbocycles. The fourth-order valence-electron chi connectivity index (χ4n) is 1.85. The molecule has 18 heavy (non-hydrogen) atoms. The minimum Gasteiger partial charge on any atom is -0.508 e. The van der Waals surface area contributed by atoms with Crippen LogP contribution < -0.4 is 5.32 Å². The monoisotopic (exact) mass is 264 g/mol. The molecule has 96 valence electrons. The molecule has 0 aliphatic carbocycles. The number of hydrogen-bond acceptors (Lipinski definition) is 3. The van der Waals surface area contributed by atoms with Crippen LogP contribution in [0.4, 0.5) is 0 Å². The Labute approximate surface area is 111 Å². The average molecular weight is 264 g/mol. The van der Waals surface area contributed by atoms with E-state index < -0.39 is 6.10 Å². The number of aliphatic hydroxyl groups excluding tert-OH is 1. The molecular weight excluding hydrogens is 246 g/mol. The standard InChI is InChI=1S/C14H17NO2S/c1-10-5-6-18-14(10)9-15-8-13(17)11-3-2-4-12(16)7-11/h2-7,13,15-17H,8-9H2,1H3/p+1/t13-/m1/s1. The summed E-state index contributed by atoms with van der Waals surface area (Å²) >= 11 is 1.75. The highest BCUT2D eigenvalue weighted by molar-refractivity contribution is 7.10. The largest absolute Gasteiger partial charge is 0.508 e. The Morgan fingerprint density at radius 2 is 2.17 bits per heavy atom. The molecule has 3 nitrogen and oxygen atoms in total. The number of aliphatic hydroxyl groups is 1. The molecule has 1 aromatic carbocycles. The molecule has 4 heteroatoms. The molecule has 1 aromatic heterocycles. The molecule has 4 N–H and O–H groups in total. The Morgan fingerprint density at radius 1 is 1.33 bits per heavy atom. The maximum absolute atomic E-state index is 10.0. The van der Waals surface area contributed by atoms with E-state index in [-0.39, 0.29) is 5.75 Å². The molecule has 0 amide bonds. The van der Waals surface area contributed by atoms with Crippen molar-refractivity contribution in [2.45, 2.75) is 19.6 Å². The minimum atomic E-state index is -0.544. The number of hydrogen-bond donors (Lipinski definition) is 3. The number of thiophene rings is 1. The highest BCUT2D eigenvalue weighted by atomic mass is 32.1. The lowest BCUT2D eigenvalue weighted by atomic mass is 10.1. The van der Waals surface area contributed by atoms with Crippen molar-refractivity contribution in [3.8, 4) is 5.75 Å². The van der Waals surface area contributed by atoms with Crippen molar-refractivity contribution in [3.63, 3.8) is 0 Å². The molecule has 0 fully saturated rings. The van der Waals surface area contributed by atoms with Gasteiger partial charge in [0.1, 0.15) is 24.9 Å². The van der Waals surface area contributed by atoms with Gasteiger partial charge >= 0.3 is 0 Å². The Balaban J connectivity index is 1.85. The molecule has 2 rings (SSSR count). The summed E-state index contributed by atoms with van der Waals surface area (Å²) in [5.41, 5.74) is 2.07. The molecule has 0 aliphatic heterocycles.